The lowest BCUT2D eigenvalue weighted by molar-refractivity contribution is 1.51. The van der Waals surface area contributed by atoms with E-state index in [1.54, 1.807) is 11.3 Å². The monoisotopic (exact) mass is 255 g/mol. The molecule has 0 spiro atoms. The summed E-state index contributed by atoms with van der Waals surface area (Å²) in [4.78, 5) is 12.5. The van der Waals surface area contributed by atoms with Gasteiger partial charge in [-0.15, -0.1) is 11.3 Å². The number of nitrogens with two attached hydrogens (primary N) is 1. The summed E-state index contributed by atoms with van der Waals surface area (Å²) in [6.07, 6.45) is 0. The second-order valence-electron chi connectivity index (χ2n) is 4.61. The molecule has 0 aliphatic carbocycles. The Morgan fingerprint density at radius 3 is 2.67 bits per heavy atom. The Hall–Kier alpha value is -1.87. The Kier molecular flexibility index (Phi) is 2.38. The first-order valence-electron chi connectivity index (χ1n) is 5.80. The molecule has 0 amide bonds. The minimum absolute atomic E-state index is 0.0416. The van der Waals surface area contributed by atoms with Crippen LogP contribution in [0.2, 0.25) is 0 Å². The Labute approximate surface area is 109 Å². The third-order valence-corrected chi connectivity index (χ3v) is 4.50. The maximum absolute atomic E-state index is 12.5. The highest BCUT2D eigenvalue weighted by atomic mass is 32.1. The summed E-state index contributed by atoms with van der Waals surface area (Å²) in [5.74, 6) is 0. The van der Waals surface area contributed by atoms with E-state index in [0.29, 0.717) is 11.1 Å². The van der Waals surface area contributed by atoms with E-state index in [9.17, 15) is 4.79 Å². The second kappa shape index (κ2) is 3.82. The van der Waals surface area contributed by atoms with Gasteiger partial charge >= 0.3 is 0 Å². The summed E-state index contributed by atoms with van der Waals surface area (Å²) in [5.41, 5.74) is 8.83. The van der Waals surface area contributed by atoms with Gasteiger partial charge in [0.05, 0.1) is 5.39 Å². The largest absolute Gasteiger partial charge is 0.398 e. The molecule has 2 N–H and O–H groups in total. The smallest absolute Gasteiger partial charge is 0.197 e. The standard InChI is InChI=1S/C15H13NOS/c1-8-3-5-10-12(7-8)18-15-9(2)4-6-11(16)13(15)14(10)17/h3-7H,16H2,1-2H3. The predicted molar refractivity (Wildman–Crippen MR) is 79.5 cm³/mol. The van der Waals surface area contributed by atoms with Gasteiger partial charge in [0.15, 0.2) is 5.43 Å². The normalized spacial score (nSPS) is 11.2. The van der Waals surface area contributed by atoms with Crippen molar-refractivity contribution in [3.05, 3.63) is 51.7 Å². The minimum atomic E-state index is 0.0416. The van der Waals surface area contributed by atoms with E-state index in [2.05, 4.69) is 6.07 Å². The number of aryl methyl sites for hydroxylation is 2. The van der Waals surface area contributed by atoms with Gasteiger partial charge in [0.25, 0.3) is 0 Å². The van der Waals surface area contributed by atoms with E-state index < -0.39 is 0 Å². The molecule has 2 aromatic carbocycles. The highest BCUT2D eigenvalue weighted by molar-refractivity contribution is 7.24. The SMILES string of the molecule is Cc1ccc2c(=O)c3c(N)ccc(C)c3sc2c1. The number of rotatable bonds is 0. The Bertz CT molecular complexity index is 833. The van der Waals surface area contributed by atoms with Crippen LogP contribution in [0.25, 0.3) is 20.2 Å². The summed E-state index contributed by atoms with van der Waals surface area (Å²) in [6, 6.07) is 9.70. The van der Waals surface area contributed by atoms with Gasteiger partial charge in [-0.25, -0.2) is 0 Å². The third-order valence-electron chi connectivity index (χ3n) is 3.21. The molecular weight excluding hydrogens is 242 g/mol. The van der Waals surface area contributed by atoms with Crippen molar-refractivity contribution >= 4 is 37.2 Å². The third kappa shape index (κ3) is 1.51. The zero-order chi connectivity index (χ0) is 12.9. The Balaban J connectivity index is 2.65. The summed E-state index contributed by atoms with van der Waals surface area (Å²) >= 11 is 1.64. The maximum atomic E-state index is 12.5. The van der Waals surface area contributed by atoms with E-state index in [-0.39, 0.29) is 5.43 Å². The molecule has 3 heteroatoms. The zero-order valence-electron chi connectivity index (χ0n) is 10.3. The van der Waals surface area contributed by atoms with E-state index in [1.165, 1.54) is 5.56 Å². The van der Waals surface area contributed by atoms with Gasteiger partial charge in [-0.3, -0.25) is 4.79 Å². The van der Waals surface area contributed by atoms with Crippen LogP contribution in [0.15, 0.2) is 35.1 Å². The molecule has 0 radical (unpaired) electrons. The van der Waals surface area contributed by atoms with Gasteiger partial charge in [-0.05, 0) is 43.2 Å². The van der Waals surface area contributed by atoms with Crippen molar-refractivity contribution in [2.24, 2.45) is 0 Å². The fourth-order valence-electron chi connectivity index (χ4n) is 2.21. The number of hydrogen-bond donors (Lipinski definition) is 1. The van der Waals surface area contributed by atoms with Crippen molar-refractivity contribution in [1.29, 1.82) is 0 Å². The molecule has 1 heterocycles. The highest BCUT2D eigenvalue weighted by Crippen LogP contribution is 2.30. The molecular formula is C15H13NOS. The first kappa shape index (κ1) is 11.2. The Morgan fingerprint density at radius 2 is 1.89 bits per heavy atom. The lowest BCUT2D eigenvalue weighted by Gasteiger charge is -2.06. The van der Waals surface area contributed by atoms with Gasteiger partial charge in [-0.1, -0.05) is 12.1 Å². The molecule has 0 aliphatic rings. The molecule has 18 heavy (non-hydrogen) atoms. The van der Waals surface area contributed by atoms with Gasteiger partial charge in [0.1, 0.15) is 0 Å². The van der Waals surface area contributed by atoms with Crippen LogP contribution in [-0.4, -0.2) is 0 Å². The summed E-state index contributed by atoms with van der Waals surface area (Å²) in [5, 5.41) is 1.42. The first-order chi connectivity index (χ1) is 8.58. The molecule has 90 valence electrons. The number of anilines is 1. The number of nitrogen functional groups attached to an aromatic ring is 1. The average molecular weight is 255 g/mol. The van der Waals surface area contributed by atoms with E-state index >= 15 is 0 Å². The van der Waals surface area contributed by atoms with Crippen LogP contribution in [0, 0.1) is 13.8 Å². The van der Waals surface area contributed by atoms with Crippen molar-refractivity contribution in [1.82, 2.24) is 0 Å². The molecule has 1 aromatic heterocycles. The molecule has 0 fully saturated rings. The Morgan fingerprint density at radius 1 is 1.11 bits per heavy atom. The minimum Gasteiger partial charge on any atom is -0.398 e. The zero-order valence-corrected chi connectivity index (χ0v) is 11.1. The van der Waals surface area contributed by atoms with Crippen LogP contribution >= 0.6 is 11.3 Å². The van der Waals surface area contributed by atoms with Crippen LogP contribution in [0.4, 0.5) is 5.69 Å². The van der Waals surface area contributed by atoms with E-state index in [1.807, 2.05) is 38.1 Å². The van der Waals surface area contributed by atoms with Crippen molar-refractivity contribution in [3.63, 3.8) is 0 Å². The van der Waals surface area contributed by atoms with Crippen molar-refractivity contribution in [2.75, 3.05) is 5.73 Å². The summed E-state index contributed by atoms with van der Waals surface area (Å²) < 4.78 is 2.03. The first-order valence-corrected chi connectivity index (χ1v) is 6.62. The highest BCUT2D eigenvalue weighted by Gasteiger charge is 2.10. The second-order valence-corrected chi connectivity index (χ2v) is 5.66. The van der Waals surface area contributed by atoms with Crippen LogP contribution < -0.4 is 11.2 Å². The van der Waals surface area contributed by atoms with Crippen molar-refractivity contribution < 1.29 is 0 Å². The number of fused-ring (bicyclic) bond motifs is 2. The molecule has 0 bridgehead atoms. The molecule has 3 rings (SSSR count). The summed E-state index contributed by atoms with van der Waals surface area (Å²) in [6.45, 7) is 4.05. The van der Waals surface area contributed by atoms with Gasteiger partial charge < -0.3 is 5.73 Å². The topological polar surface area (TPSA) is 43.1 Å². The number of benzene rings is 2. The predicted octanol–water partition coefficient (Wildman–Crippen LogP) is 3.61. The molecule has 0 saturated carbocycles. The average Bonchev–Trinajstić information content (AvgIpc) is 2.33. The lowest BCUT2D eigenvalue weighted by atomic mass is 10.1. The van der Waals surface area contributed by atoms with Gasteiger partial charge in [0, 0.05) is 20.5 Å². The van der Waals surface area contributed by atoms with Gasteiger partial charge in [0.2, 0.25) is 0 Å². The van der Waals surface area contributed by atoms with Crippen molar-refractivity contribution in [3.8, 4) is 0 Å². The van der Waals surface area contributed by atoms with Crippen LogP contribution in [0.5, 0.6) is 0 Å². The van der Waals surface area contributed by atoms with Crippen LogP contribution in [0.1, 0.15) is 11.1 Å². The number of hydrogen-bond acceptors (Lipinski definition) is 3. The van der Waals surface area contributed by atoms with Gasteiger partial charge in [-0.2, -0.15) is 0 Å². The van der Waals surface area contributed by atoms with Crippen molar-refractivity contribution in [2.45, 2.75) is 13.8 Å². The maximum Gasteiger partial charge on any atom is 0.197 e. The van der Waals surface area contributed by atoms with E-state index in [4.69, 9.17) is 5.73 Å². The molecule has 0 atom stereocenters. The molecule has 3 aromatic rings. The molecule has 0 unspecified atom stereocenters. The summed E-state index contributed by atoms with van der Waals surface area (Å²) in [7, 11) is 0. The molecule has 2 nitrogen and oxygen atoms in total. The molecule has 0 aliphatic heterocycles. The molecule has 0 saturated heterocycles. The van der Waals surface area contributed by atoms with Crippen LogP contribution in [0.3, 0.4) is 0 Å². The quantitative estimate of drug-likeness (QED) is 0.492. The lowest BCUT2D eigenvalue weighted by Crippen LogP contribution is -2.04. The fourth-order valence-corrected chi connectivity index (χ4v) is 3.49. The fraction of sp³-hybridized carbons (Fsp3) is 0.133. The van der Waals surface area contributed by atoms with E-state index in [0.717, 1.165) is 20.3 Å². The van der Waals surface area contributed by atoms with Crippen LogP contribution in [-0.2, 0) is 0 Å².